The molecule has 0 aromatic rings. The number of hydrogen-bond acceptors (Lipinski definition) is 1. The van der Waals surface area contributed by atoms with Crippen molar-refractivity contribution < 1.29 is 4.79 Å². The van der Waals surface area contributed by atoms with E-state index in [1.54, 1.807) is 6.92 Å². The van der Waals surface area contributed by atoms with Crippen LogP contribution < -0.4 is 0 Å². The Morgan fingerprint density at radius 3 is 2.00 bits per heavy atom. The van der Waals surface area contributed by atoms with Crippen LogP contribution in [0.25, 0.3) is 0 Å². The van der Waals surface area contributed by atoms with Gasteiger partial charge in [-0.15, -0.1) is 23.2 Å². The van der Waals surface area contributed by atoms with Crippen molar-refractivity contribution in [3.63, 3.8) is 0 Å². The second-order valence-corrected chi connectivity index (χ2v) is 3.85. The molecule has 0 spiro atoms. The van der Waals surface area contributed by atoms with Gasteiger partial charge in [0, 0.05) is 0 Å². The van der Waals surface area contributed by atoms with Crippen molar-refractivity contribution in [3.05, 3.63) is 0 Å². The zero-order valence-corrected chi connectivity index (χ0v) is 7.29. The van der Waals surface area contributed by atoms with Crippen LogP contribution in [0.1, 0.15) is 6.92 Å². The summed E-state index contributed by atoms with van der Waals surface area (Å²) in [5, 5.41) is -0.503. The number of alkyl halides is 3. The monoisotopic (exact) mass is 218 g/mol. The lowest BCUT2D eigenvalue weighted by molar-refractivity contribution is -0.116. The number of Topliss-reactive ketones (excluding diaryl/α,β-unsaturated/α-hetero) is 1. The molecule has 0 rings (SSSR count). The molecule has 0 aromatic carbocycles. The van der Waals surface area contributed by atoms with Gasteiger partial charge in [-0.25, -0.2) is 0 Å². The first-order valence-corrected chi connectivity index (χ1v) is 3.80. The van der Waals surface area contributed by atoms with Crippen molar-refractivity contribution in [2.24, 2.45) is 0 Å². The fourth-order valence-electron chi connectivity index (χ4n) is 0.174. The van der Waals surface area contributed by atoms with Gasteiger partial charge in [-0.05, 0) is 6.92 Å². The molecular weight excluding hydrogens is 215 g/mol. The first kappa shape index (κ1) is 8.73. The van der Waals surface area contributed by atoms with Crippen LogP contribution in [0.3, 0.4) is 0 Å². The summed E-state index contributed by atoms with van der Waals surface area (Å²) < 4.78 is -0.644. The van der Waals surface area contributed by atoms with Crippen molar-refractivity contribution >= 4 is 44.9 Å². The van der Waals surface area contributed by atoms with Gasteiger partial charge in [-0.2, -0.15) is 0 Å². The molecule has 0 radical (unpaired) electrons. The number of hydrogen-bond donors (Lipinski definition) is 0. The Morgan fingerprint density at radius 1 is 1.62 bits per heavy atom. The quantitative estimate of drug-likeness (QED) is 0.651. The van der Waals surface area contributed by atoms with E-state index < -0.39 is 9.66 Å². The zero-order chi connectivity index (χ0) is 6.73. The summed E-state index contributed by atoms with van der Waals surface area (Å²) >= 11 is 13.5. The van der Waals surface area contributed by atoms with E-state index in [9.17, 15) is 4.79 Å². The predicted molar refractivity (Wildman–Crippen MR) is 38.9 cm³/mol. The van der Waals surface area contributed by atoms with Crippen LogP contribution in [0.2, 0.25) is 0 Å². The fraction of sp³-hybridized carbons (Fsp3) is 0.750. The van der Waals surface area contributed by atoms with Crippen molar-refractivity contribution in [2.45, 2.75) is 16.6 Å². The molecule has 0 fully saturated rings. The molecule has 0 aliphatic heterocycles. The lowest BCUT2D eigenvalue weighted by Gasteiger charge is -1.99. The van der Waals surface area contributed by atoms with E-state index in [1.165, 1.54) is 0 Å². The Morgan fingerprint density at radius 2 is 2.00 bits per heavy atom. The summed E-state index contributed by atoms with van der Waals surface area (Å²) in [6, 6.07) is 0. The highest BCUT2D eigenvalue weighted by Crippen LogP contribution is 2.11. The predicted octanol–water partition coefficient (Wildman–Crippen LogP) is 2.14. The lowest BCUT2D eigenvalue weighted by Crippen LogP contribution is -2.16. The van der Waals surface area contributed by atoms with Gasteiger partial charge in [0.2, 0.25) is 0 Å². The molecule has 0 N–H and O–H groups in total. The molecule has 8 heavy (non-hydrogen) atoms. The minimum Gasteiger partial charge on any atom is -0.295 e. The molecule has 2 unspecified atom stereocenters. The van der Waals surface area contributed by atoms with Crippen LogP contribution in [0.5, 0.6) is 0 Å². The molecule has 0 amide bonds. The van der Waals surface area contributed by atoms with Gasteiger partial charge in [0.25, 0.3) is 0 Å². The first-order valence-electron chi connectivity index (χ1n) is 2.01. The Labute approximate surface area is 66.5 Å². The Hall–Kier alpha value is 0.730. The standard InChI is InChI=1S/C4H5BrCl2O/c1-2(6)3(8)4(5)7/h2,4H,1H3. The molecule has 48 valence electrons. The highest BCUT2D eigenvalue weighted by Gasteiger charge is 2.15. The maximum atomic E-state index is 10.5. The second kappa shape index (κ2) is 3.70. The normalized spacial score (nSPS) is 17.5. The molecule has 0 bridgehead atoms. The number of carbonyl (C=O) groups excluding carboxylic acids is 1. The summed E-state index contributed by atoms with van der Waals surface area (Å²) in [6.07, 6.45) is 0. The van der Waals surface area contributed by atoms with Crippen LogP contribution >= 0.6 is 39.1 Å². The van der Waals surface area contributed by atoms with Gasteiger partial charge in [0.15, 0.2) is 5.78 Å². The number of halogens is 3. The van der Waals surface area contributed by atoms with E-state index in [0.717, 1.165) is 0 Å². The van der Waals surface area contributed by atoms with Crippen LogP contribution in [-0.4, -0.2) is 15.4 Å². The molecule has 2 atom stereocenters. The van der Waals surface area contributed by atoms with Crippen LogP contribution in [-0.2, 0) is 4.79 Å². The SMILES string of the molecule is CC(Cl)C(=O)C(Cl)Br. The van der Waals surface area contributed by atoms with Crippen LogP contribution in [0, 0.1) is 0 Å². The minimum absolute atomic E-state index is 0.201. The maximum Gasteiger partial charge on any atom is 0.178 e. The lowest BCUT2D eigenvalue weighted by atomic mass is 10.3. The summed E-state index contributed by atoms with van der Waals surface area (Å²) in [5.74, 6) is -0.201. The van der Waals surface area contributed by atoms with Gasteiger partial charge in [-0.3, -0.25) is 4.79 Å². The molecule has 1 nitrogen and oxygen atoms in total. The van der Waals surface area contributed by atoms with Gasteiger partial charge >= 0.3 is 0 Å². The van der Waals surface area contributed by atoms with Gasteiger partial charge in [-0.1, -0.05) is 15.9 Å². The topological polar surface area (TPSA) is 17.1 Å². The maximum absolute atomic E-state index is 10.5. The van der Waals surface area contributed by atoms with E-state index in [1.807, 2.05) is 0 Å². The number of rotatable bonds is 2. The average Bonchev–Trinajstić information content (AvgIpc) is 1.64. The molecule has 0 aliphatic rings. The third-order valence-electron chi connectivity index (χ3n) is 0.607. The van der Waals surface area contributed by atoms with Gasteiger partial charge < -0.3 is 0 Å². The Bertz CT molecular complexity index is 82.0. The number of ketones is 1. The summed E-state index contributed by atoms with van der Waals surface area (Å²) in [6.45, 7) is 1.58. The second-order valence-electron chi connectivity index (χ2n) is 1.32. The number of carbonyl (C=O) groups is 1. The molecular formula is C4H5BrCl2O. The smallest absolute Gasteiger partial charge is 0.178 e. The van der Waals surface area contributed by atoms with Gasteiger partial charge in [0.1, 0.15) is 4.29 Å². The van der Waals surface area contributed by atoms with Crippen LogP contribution in [0.4, 0.5) is 0 Å². The molecule has 4 heteroatoms. The van der Waals surface area contributed by atoms with E-state index in [2.05, 4.69) is 15.9 Å². The highest BCUT2D eigenvalue weighted by atomic mass is 79.9. The van der Waals surface area contributed by atoms with Crippen molar-refractivity contribution in [2.75, 3.05) is 0 Å². The highest BCUT2D eigenvalue weighted by molar-refractivity contribution is 9.10. The van der Waals surface area contributed by atoms with E-state index in [-0.39, 0.29) is 5.78 Å². The molecule has 0 aromatic heterocycles. The van der Waals surface area contributed by atoms with E-state index in [4.69, 9.17) is 23.2 Å². The van der Waals surface area contributed by atoms with Crippen molar-refractivity contribution in [3.8, 4) is 0 Å². The summed E-state index contributed by atoms with van der Waals surface area (Å²) in [5.41, 5.74) is 0. The molecule has 0 saturated carbocycles. The summed E-state index contributed by atoms with van der Waals surface area (Å²) in [4.78, 5) is 10.5. The van der Waals surface area contributed by atoms with Gasteiger partial charge in [0.05, 0.1) is 5.38 Å². The Balaban J connectivity index is 3.65. The summed E-state index contributed by atoms with van der Waals surface area (Å²) in [7, 11) is 0. The average molecular weight is 220 g/mol. The minimum atomic E-state index is -0.644. The molecule has 0 saturated heterocycles. The van der Waals surface area contributed by atoms with E-state index in [0.29, 0.717) is 0 Å². The third kappa shape index (κ3) is 2.90. The first-order chi connectivity index (χ1) is 3.55. The third-order valence-corrected chi connectivity index (χ3v) is 1.49. The molecule has 0 heterocycles. The van der Waals surface area contributed by atoms with Crippen molar-refractivity contribution in [1.29, 1.82) is 0 Å². The largest absolute Gasteiger partial charge is 0.295 e. The van der Waals surface area contributed by atoms with Crippen molar-refractivity contribution in [1.82, 2.24) is 0 Å². The van der Waals surface area contributed by atoms with E-state index >= 15 is 0 Å². The van der Waals surface area contributed by atoms with Crippen LogP contribution in [0.15, 0.2) is 0 Å². The Kier molecular flexibility index (Phi) is 4.04. The fourth-order valence-corrected chi connectivity index (χ4v) is 1.10. The zero-order valence-electron chi connectivity index (χ0n) is 4.20. The molecule has 0 aliphatic carbocycles.